The van der Waals surface area contributed by atoms with Gasteiger partial charge in [-0.25, -0.2) is 0 Å². The van der Waals surface area contributed by atoms with Gasteiger partial charge in [-0.05, 0) is 35.3 Å². The number of halogens is 1. The minimum absolute atomic E-state index is 1.24. The summed E-state index contributed by atoms with van der Waals surface area (Å²) in [6.07, 6.45) is 0. The summed E-state index contributed by atoms with van der Waals surface area (Å²) in [6, 6.07) is 0. The van der Waals surface area contributed by atoms with E-state index in [9.17, 15) is 0 Å². The Morgan fingerprint density at radius 2 is 1.80 bits per heavy atom. The second-order valence-electron chi connectivity index (χ2n) is 1.76. The van der Waals surface area contributed by atoms with Gasteiger partial charge in [0.15, 0.2) is 0 Å². The first-order valence-electron chi connectivity index (χ1n) is 3.42. The van der Waals surface area contributed by atoms with Gasteiger partial charge in [-0.15, -0.1) is 11.3 Å². The lowest BCUT2D eigenvalue weighted by Crippen LogP contribution is -1.66. The number of aryl methyl sites for hydroxylation is 1. The van der Waals surface area contributed by atoms with Gasteiger partial charge in [0.05, 0.1) is 0 Å². The summed E-state index contributed by atoms with van der Waals surface area (Å²) in [5.74, 6) is 0. The van der Waals surface area contributed by atoms with Crippen LogP contribution in [0.1, 0.15) is 24.3 Å². The molecule has 1 heterocycles. The summed E-state index contributed by atoms with van der Waals surface area (Å²) in [5, 5.41) is 2.12. The molecule has 0 N–H and O–H groups in total. The normalized spacial score (nSPS) is 8.50. The number of thiophene rings is 1. The van der Waals surface area contributed by atoms with E-state index in [1.54, 1.807) is 11.3 Å². The van der Waals surface area contributed by atoms with E-state index >= 15 is 0 Å². The minimum atomic E-state index is 1.24. The van der Waals surface area contributed by atoms with Crippen molar-refractivity contribution in [2.45, 2.75) is 27.7 Å². The fourth-order valence-electron chi connectivity index (χ4n) is 0.485. The van der Waals surface area contributed by atoms with Gasteiger partial charge in [0, 0.05) is 14.7 Å². The Bertz CT molecular complexity index is 172. The summed E-state index contributed by atoms with van der Waals surface area (Å²) in [4.78, 5) is 1.40. The topological polar surface area (TPSA) is 0 Å². The summed E-state index contributed by atoms with van der Waals surface area (Å²) in [6.45, 7) is 8.25. The first-order valence-corrected chi connectivity index (χ1v) is 5.09. The third-order valence-electron chi connectivity index (χ3n) is 1.23. The maximum atomic E-state index is 3.43. The van der Waals surface area contributed by atoms with Gasteiger partial charge in [0.1, 0.15) is 0 Å². The highest BCUT2D eigenvalue weighted by molar-refractivity contribution is 9.10. The van der Waals surface area contributed by atoms with E-state index in [2.05, 4.69) is 35.2 Å². The van der Waals surface area contributed by atoms with Crippen molar-refractivity contribution in [3.05, 3.63) is 20.3 Å². The van der Waals surface area contributed by atoms with Crippen LogP contribution in [0.4, 0.5) is 0 Å². The lowest BCUT2D eigenvalue weighted by molar-refractivity contribution is 1.42. The second kappa shape index (κ2) is 4.91. The van der Waals surface area contributed by atoms with E-state index in [1.165, 1.54) is 14.9 Å². The summed E-state index contributed by atoms with van der Waals surface area (Å²) >= 11 is 5.21. The van der Waals surface area contributed by atoms with Crippen LogP contribution in [0, 0.1) is 13.8 Å². The highest BCUT2D eigenvalue weighted by Gasteiger charge is 1.97. The molecule has 0 unspecified atom stereocenters. The van der Waals surface area contributed by atoms with Crippen LogP contribution in [0.15, 0.2) is 9.85 Å². The van der Waals surface area contributed by atoms with Crippen LogP contribution in [-0.2, 0) is 0 Å². The smallest absolute Gasteiger partial charge is 0.0314 e. The third kappa shape index (κ3) is 2.43. The Kier molecular flexibility index (Phi) is 5.00. The van der Waals surface area contributed by atoms with Crippen LogP contribution in [0.25, 0.3) is 0 Å². The minimum Gasteiger partial charge on any atom is -0.148 e. The van der Waals surface area contributed by atoms with Gasteiger partial charge >= 0.3 is 0 Å². The van der Waals surface area contributed by atoms with Crippen molar-refractivity contribution in [2.24, 2.45) is 0 Å². The molecule has 0 aliphatic rings. The van der Waals surface area contributed by atoms with E-state index < -0.39 is 0 Å². The lowest BCUT2D eigenvalue weighted by Gasteiger charge is -1.84. The zero-order chi connectivity index (χ0) is 8.15. The number of hydrogen-bond acceptors (Lipinski definition) is 1. The molecule has 0 amide bonds. The molecule has 0 bridgehead atoms. The van der Waals surface area contributed by atoms with E-state index in [1.807, 2.05) is 13.8 Å². The quantitative estimate of drug-likeness (QED) is 0.617. The molecular weight excluding hydrogens is 208 g/mol. The molecule has 0 saturated carbocycles. The maximum absolute atomic E-state index is 3.43. The molecule has 1 aromatic rings. The molecule has 0 radical (unpaired) electrons. The van der Waals surface area contributed by atoms with Crippen LogP contribution in [0.5, 0.6) is 0 Å². The second-order valence-corrected chi connectivity index (χ2v) is 3.70. The van der Waals surface area contributed by atoms with Gasteiger partial charge in [0.25, 0.3) is 0 Å². The van der Waals surface area contributed by atoms with E-state index in [-0.39, 0.29) is 0 Å². The van der Waals surface area contributed by atoms with Crippen LogP contribution >= 0.6 is 27.3 Å². The average molecular weight is 221 g/mol. The summed E-state index contributed by atoms with van der Waals surface area (Å²) < 4.78 is 1.24. The molecule has 0 aromatic carbocycles. The van der Waals surface area contributed by atoms with Crippen LogP contribution < -0.4 is 0 Å². The SMILES string of the molecule is CC.Cc1scc(Br)c1C. The van der Waals surface area contributed by atoms with E-state index in [0.717, 1.165) is 0 Å². The summed E-state index contributed by atoms with van der Waals surface area (Å²) in [7, 11) is 0. The Balaban J connectivity index is 0.000000371. The standard InChI is InChI=1S/C6H7BrS.C2H6/c1-4-5(2)8-3-6(4)7;1-2/h3H,1-2H3;1-2H3. The summed E-state index contributed by atoms with van der Waals surface area (Å²) in [5.41, 5.74) is 1.37. The molecule has 0 atom stereocenters. The van der Waals surface area contributed by atoms with Crippen molar-refractivity contribution >= 4 is 27.3 Å². The highest BCUT2D eigenvalue weighted by Crippen LogP contribution is 2.24. The van der Waals surface area contributed by atoms with Crippen LogP contribution in [-0.4, -0.2) is 0 Å². The van der Waals surface area contributed by atoms with Gasteiger partial charge in [0.2, 0.25) is 0 Å². The van der Waals surface area contributed by atoms with Gasteiger partial charge in [-0.1, -0.05) is 13.8 Å². The predicted molar refractivity (Wildman–Crippen MR) is 52.8 cm³/mol. The molecule has 0 nitrogen and oxygen atoms in total. The van der Waals surface area contributed by atoms with Crippen molar-refractivity contribution in [1.82, 2.24) is 0 Å². The monoisotopic (exact) mass is 220 g/mol. The van der Waals surface area contributed by atoms with Gasteiger partial charge in [-0.2, -0.15) is 0 Å². The highest BCUT2D eigenvalue weighted by atomic mass is 79.9. The molecule has 2 heteroatoms. The Morgan fingerprint density at radius 3 is 1.90 bits per heavy atom. The Labute approximate surface area is 75.4 Å². The molecule has 0 saturated heterocycles. The van der Waals surface area contributed by atoms with Crippen LogP contribution in [0.2, 0.25) is 0 Å². The fourth-order valence-corrected chi connectivity index (χ4v) is 1.94. The zero-order valence-corrected chi connectivity index (χ0v) is 9.27. The van der Waals surface area contributed by atoms with Crippen LogP contribution in [0.3, 0.4) is 0 Å². The zero-order valence-electron chi connectivity index (χ0n) is 6.86. The van der Waals surface area contributed by atoms with Crippen molar-refractivity contribution < 1.29 is 0 Å². The average Bonchev–Trinajstić information content (AvgIpc) is 2.25. The van der Waals surface area contributed by atoms with Gasteiger partial charge in [-0.3, -0.25) is 0 Å². The Morgan fingerprint density at radius 1 is 1.30 bits per heavy atom. The number of rotatable bonds is 0. The van der Waals surface area contributed by atoms with Crippen molar-refractivity contribution in [3.8, 4) is 0 Å². The molecule has 0 aliphatic heterocycles. The molecule has 1 rings (SSSR count). The lowest BCUT2D eigenvalue weighted by atomic mass is 10.3. The molecule has 1 aromatic heterocycles. The Hall–Kier alpha value is 0.180. The molecule has 10 heavy (non-hydrogen) atoms. The van der Waals surface area contributed by atoms with E-state index in [0.29, 0.717) is 0 Å². The largest absolute Gasteiger partial charge is 0.148 e. The van der Waals surface area contributed by atoms with Gasteiger partial charge < -0.3 is 0 Å². The van der Waals surface area contributed by atoms with Crippen molar-refractivity contribution in [3.63, 3.8) is 0 Å². The van der Waals surface area contributed by atoms with Crippen molar-refractivity contribution in [2.75, 3.05) is 0 Å². The predicted octanol–water partition coefficient (Wildman–Crippen LogP) is 4.15. The first kappa shape index (κ1) is 10.2. The molecule has 0 aliphatic carbocycles. The fraction of sp³-hybridized carbons (Fsp3) is 0.500. The maximum Gasteiger partial charge on any atom is 0.0314 e. The number of hydrogen-bond donors (Lipinski definition) is 0. The molecular formula is C8H13BrS. The van der Waals surface area contributed by atoms with Crippen molar-refractivity contribution in [1.29, 1.82) is 0 Å². The molecule has 58 valence electrons. The third-order valence-corrected chi connectivity index (χ3v) is 3.37. The first-order chi connectivity index (χ1) is 4.72. The van der Waals surface area contributed by atoms with E-state index in [4.69, 9.17) is 0 Å². The molecule has 0 spiro atoms. The molecule has 0 fully saturated rings.